The molecule has 0 bridgehead atoms. The molecule has 1 saturated heterocycles. The molecule has 0 aromatic carbocycles. The molecule has 0 aliphatic carbocycles. The Morgan fingerprint density at radius 2 is 2.12 bits per heavy atom. The summed E-state index contributed by atoms with van der Waals surface area (Å²) in [7, 11) is 0. The third kappa shape index (κ3) is 7.32. The Kier molecular flexibility index (Phi) is 8.33. The molecule has 3 heteroatoms. The van der Waals surface area contributed by atoms with Crippen molar-refractivity contribution in [3.63, 3.8) is 0 Å². The van der Waals surface area contributed by atoms with E-state index in [0.29, 0.717) is 6.04 Å². The van der Waals surface area contributed by atoms with E-state index in [9.17, 15) is 0 Å². The lowest BCUT2D eigenvalue weighted by Gasteiger charge is -2.22. The highest BCUT2D eigenvalue weighted by Crippen LogP contribution is 2.13. The number of nitrogens with one attached hydrogen (secondary N) is 2. The maximum atomic E-state index is 3.68. The molecule has 1 aliphatic rings. The molecule has 2 nitrogen and oxygen atoms in total. The monoisotopic (exact) mass is 258 g/mol. The summed E-state index contributed by atoms with van der Waals surface area (Å²) < 4.78 is 0. The first-order chi connectivity index (χ1) is 8.22. The van der Waals surface area contributed by atoms with Crippen LogP contribution in [-0.4, -0.2) is 37.2 Å². The average molecular weight is 258 g/mol. The first kappa shape index (κ1) is 15.3. The van der Waals surface area contributed by atoms with E-state index in [1.165, 1.54) is 44.4 Å². The van der Waals surface area contributed by atoms with Crippen LogP contribution < -0.4 is 10.6 Å². The largest absolute Gasteiger partial charge is 0.314 e. The molecule has 3 atom stereocenters. The van der Waals surface area contributed by atoms with Gasteiger partial charge in [0, 0.05) is 12.1 Å². The van der Waals surface area contributed by atoms with Crippen LogP contribution in [0.5, 0.6) is 0 Å². The van der Waals surface area contributed by atoms with Gasteiger partial charge in [0.05, 0.1) is 0 Å². The molecule has 17 heavy (non-hydrogen) atoms. The molecule has 0 amide bonds. The molecule has 1 rings (SSSR count). The van der Waals surface area contributed by atoms with Crippen LogP contribution in [0.25, 0.3) is 0 Å². The second kappa shape index (κ2) is 9.23. The Hall–Kier alpha value is 0.270. The van der Waals surface area contributed by atoms with Gasteiger partial charge in [-0.05, 0) is 57.2 Å². The van der Waals surface area contributed by atoms with Crippen molar-refractivity contribution in [2.24, 2.45) is 5.92 Å². The van der Waals surface area contributed by atoms with Gasteiger partial charge in [-0.15, -0.1) is 0 Å². The molecule has 0 spiro atoms. The molecular weight excluding hydrogens is 228 g/mol. The summed E-state index contributed by atoms with van der Waals surface area (Å²) >= 11 is 1.95. The summed E-state index contributed by atoms with van der Waals surface area (Å²) in [5.74, 6) is 2.05. The van der Waals surface area contributed by atoms with Gasteiger partial charge < -0.3 is 10.6 Å². The summed E-state index contributed by atoms with van der Waals surface area (Å²) in [6.07, 6.45) is 9.03. The van der Waals surface area contributed by atoms with E-state index < -0.39 is 0 Å². The summed E-state index contributed by atoms with van der Waals surface area (Å²) in [6, 6.07) is 1.39. The Bertz CT molecular complexity index is 179. The SMILES string of the molecule is CSCC(C)CNC(C)CC1CCCCCN1. The molecule has 0 radical (unpaired) electrons. The van der Waals surface area contributed by atoms with Gasteiger partial charge in [0.15, 0.2) is 0 Å². The first-order valence-electron chi connectivity index (χ1n) is 7.18. The Balaban J connectivity index is 2.12. The standard InChI is InChI=1S/C14H30N2S/c1-12(11-17-3)10-16-13(2)9-14-7-5-4-6-8-15-14/h12-16H,4-11H2,1-3H3. The van der Waals surface area contributed by atoms with Crippen molar-refractivity contribution < 1.29 is 0 Å². The van der Waals surface area contributed by atoms with Gasteiger partial charge in [0.1, 0.15) is 0 Å². The van der Waals surface area contributed by atoms with Crippen molar-refractivity contribution in [3.8, 4) is 0 Å². The Morgan fingerprint density at radius 3 is 2.88 bits per heavy atom. The molecule has 0 saturated carbocycles. The van der Waals surface area contributed by atoms with Crippen LogP contribution in [0.2, 0.25) is 0 Å². The van der Waals surface area contributed by atoms with Gasteiger partial charge in [0.2, 0.25) is 0 Å². The van der Waals surface area contributed by atoms with Crippen LogP contribution in [0.15, 0.2) is 0 Å². The normalized spacial score (nSPS) is 25.2. The van der Waals surface area contributed by atoms with Crippen molar-refractivity contribution in [3.05, 3.63) is 0 Å². The molecule has 3 unspecified atom stereocenters. The van der Waals surface area contributed by atoms with Crippen LogP contribution in [-0.2, 0) is 0 Å². The van der Waals surface area contributed by atoms with Crippen molar-refractivity contribution in [2.45, 2.75) is 58.0 Å². The van der Waals surface area contributed by atoms with Crippen molar-refractivity contribution in [1.82, 2.24) is 10.6 Å². The predicted molar refractivity (Wildman–Crippen MR) is 79.9 cm³/mol. The van der Waals surface area contributed by atoms with Crippen molar-refractivity contribution in [2.75, 3.05) is 25.1 Å². The fourth-order valence-corrected chi connectivity index (χ4v) is 3.24. The van der Waals surface area contributed by atoms with Gasteiger partial charge in [-0.25, -0.2) is 0 Å². The topological polar surface area (TPSA) is 24.1 Å². The molecule has 102 valence electrons. The van der Waals surface area contributed by atoms with Gasteiger partial charge in [0.25, 0.3) is 0 Å². The molecule has 1 aliphatic heterocycles. The fraction of sp³-hybridized carbons (Fsp3) is 1.00. The van der Waals surface area contributed by atoms with E-state index in [-0.39, 0.29) is 0 Å². The second-order valence-electron chi connectivity index (χ2n) is 5.61. The van der Waals surface area contributed by atoms with Crippen molar-refractivity contribution in [1.29, 1.82) is 0 Å². The van der Waals surface area contributed by atoms with E-state index in [4.69, 9.17) is 0 Å². The van der Waals surface area contributed by atoms with Crippen LogP contribution in [0, 0.1) is 5.92 Å². The average Bonchev–Trinajstić information content (AvgIpc) is 2.55. The minimum atomic E-state index is 0.648. The maximum absolute atomic E-state index is 3.68. The highest BCUT2D eigenvalue weighted by atomic mass is 32.2. The summed E-state index contributed by atoms with van der Waals surface area (Å²) in [4.78, 5) is 0. The van der Waals surface area contributed by atoms with Crippen LogP contribution >= 0.6 is 11.8 Å². The van der Waals surface area contributed by atoms with E-state index in [2.05, 4.69) is 30.7 Å². The third-order valence-electron chi connectivity index (χ3n) is 3.57. The quantitative estimate of drug-likeness (QED) is 0.734. The number of hydrogen-bond acceptors (Lipinski definition) is 3. The Morgan fingerprint density at radius 1 is 1.29 bits per heavy atom. The Labute approximate surface area is 112 Å². The van der Waals surface area contributed by atoms with Gasteiger partial charge in [-0.1, -0.05) is 19.8 Å². The third-order valence-corrected chi connectivity index (χ3v) is 4.47. The van der Waals surface area contributed by atoms with Crippen LogP contribution in [0.1, 0.15) is 46.0 Å². The van der Waals surface area contributed by atoms with E-state index in [1.54, 1.807) is 0 Å². The number of hydrogen-bond donors (Lipinski definition) is 2. The summed E-state index contributed by atoms with van der Waals surface area (Å²) in [5, 5.41) is 7.36. The zero-order valence-electron chi connectivity index (χ0n) is 11.8. The van der Waals surface area contributed by atoms with Gasteiger partial charge >= 0.3 is 0 Å². The fourth-order valence-electron chi connectivity index (χ4n) is 2.56. The van der Waals surface area contributed by atoms with Crippen molar-refractivity contribution >= 4 is 11.8 Å². The molecule has 2 N–H and O–H groups in total. The van der Waals surface area contributed by atoms with E-state index in [1.807, 2.05) is 11.8 Å². The maximum Gasteiger partial charge on any atom is 0.00817 e. The molecular formula is C14H30N2S. The van der Waals surface area contributed by atoms with Gasteiger partial charge in [-0.3, -0.25) is 0 Å². The van der Waals surface area contributed by atoms with Crippen LogP contribution in [0.3, 0.4) is 0 Å². The first-order valence-corrected chi connectivity index (χ1v) is 8.57. The van der Waals surface area contributed by atoms with E-state index >= 15 is 0 Å². The molecule has 0 aromatic rings. The predicted octanol–water partition coefficient (Wildman–Crippen LogP) is 2.89. The zero-order chi connectivity index (χ0) is 12.5. The minimum Gasteiger partial charge on any atom is -0.314 e. The highest BCUT2D eigenvalue weighted by molar-refractivity contribution is 7.98. The summed E-state index contributed by atoms with van der Waals surface area (Å²) in [6.45, 7) is 7.05. The number of thioether (sulfide) groups is 1. The second-order valence-corrected chi connectivity index (χ2v) is 6.52. The minimum absolute atomic E-state index is 0.648. The summed E-state index contributed by atoms with van der Waals surface area (Å²) in [5.41, 5.74) is 0. The highest BCUT2D eigenvalue weighted by Gasteiger charge is 2.14. The molecule has 1 heterocycles. The number of rotatable bonds is 7. The zero-order valence-corrected chi connectivity index (χ0v) is 12.6. The lowest BCUT2D eigenvalue weighted by molar-refractivity contribution is 0.390. The lowest BCUT2D eigenvalue weighted by atomic mass is 10.0. The lowest BCUT2D eigenvalue weighted by Crippen LogP contribution is -2.38. The van der Waals surface area contributed by atoms with E-state index in [0.717, 1.165) is 18.5 Å². The van der Waals surface area contributed by atoms with Crippen LogP contribution in [0.4, 0.5) is 0 Å². The smallest absolute Gasteiger partial charge is 0.00817 e. The van der Waals surface area contributed by atoms with Gasteiger partial charge in [-0.2, -0.15) is 11.8 Å². The molecule has 1 fully saturated rings. The molecule has 0 aromatic heterocycles.